The number of benzene rings is 1. The van der Waals surface area contributed by atoms with Gasteiger partial charge in [-0.1, -0.05) is 15.9 Å². The molecule has 1 aliphatic rings. The van der Waals surface area contributed by atoms with E-state index < -0.39 is 4.92 Å². The van der Waals surface area contributed by atoms with Crippen LogP contribution in [0, 0.1) is 10.1 Å². The van der Waals surface area contributed by atoms with Crippen LogP contribution in [0.1, 0.15) is 13.8 Å². The summed E-state index contributed by atoms with van der Waals surface area (Å²) in [7, 11) is 0. The van der Waals surface area contributed by atoms with Gasteiger partial charge >= 0.3 is 0 Å². The maximum absolute atomic E-state index is 11.7. The van der Waals surface area contributed by atoms with Gasteiger partial charge in [0.15, 0.2) is 0 Å². The van der Waals surface area contributed by atoms with Gasteiger partial charge in [0.25, 0.3) is 5.69 Å². The molecule has 1 saturated heterocycles. The third-order valence-corrected chi connectivity index (χ3v) is 4.46. The molecular formula is C11H11BrN2O3. The van der Waals surface area contributed by atoms with Crippen LogP contribution in [0.15, 0.2) is 24.3 Å². The van der Waals surface area contributed by atoms with E-state index >= 15 is 0 Å². The molecule has 1 amide bonds. The summed E-state index contributed by atoms with van der Waals surface area (Å²) in [6, 6.07) is 5.99. The fourth-order valence-corrected chi connectivity index (χ4v) is 2.34. The number of anilines is 1. The number of halogens is 1. The zero-order valence-electron chi connectivity index (χ0n) is 9.38. The SMILES string of the molecule is CC1(C)C(Br)C(=O)N1c1ccc([N+](=O)[O-])cc1. The zero-order chi connectivity index (χ0) is 12.8. The summed E-state index contributed by atoms with van der Waals surface area (Å²) in [4.78, 5) is 23.2. The molecule has 2 rings (SSSR count). The van der Waals surface area contributed by atoms with Crippen LogP contribution in [0.5, 0.6) is 0 Å². The van der Waals surface area contributed by atoms with E-state index in [0.717, 1.165) is 0 Å². The number of non-ortho nitro benzene ring substituents is 1. The minimum atomic E-state index is -0.458. The smallest absolute Gasteiger partial charge is 0.269 e. The molecule has 1 aromatic rings. The monoisotopic (exact) mass is 298 g/mol. The number of nitrogens with zero attached hydrogens (tertiary/aromatic N) is 2. The molecule has 90 valence electrons. The van der Waals surface area contributed by atoms with Crippen LogP contribution in [0.2, 0.25) is 0 Å². The van der Waals surface area contributed by atoms with Gasteiger partial charge in [-0.25, -0.2) is 0 Å². The highest BCUT2D eigenvalue weighted by Crippen LogP contribution is 2.41. The third-order valence-electron chi connectivity index (χ3n) is 2.95. The summed E-state index contributed by atoms with van der Waals surface area (Å²) in [6.07, 6.45) is 0. The first-order chi connectivity index (χ1) is 7.85. The van der Waals surface area contributed by atoms with Gasteiger partial charge in [-0.2, -0.15) is 0 Å². The van der Waals surface area contributed by atoms with Crippen molar-refractivity contribution in [2.75, 3.05) is 4.90 Å². The van der Waals surface area contributed by atoms with Gasteiger partial charge in [0, 0.05) is 17.8 Å². The Hall–Kier alpha value is -1.43. The molecule has 6 heteroatoms. The van der Waals surface area contributed by atoms with Crippen LogP contribution in [0.3, 0.4) is 0 Å². The van der Waals surface area contributed by atoms with Crippen molar-refractivity contribution in [2.45, 2.75) is 24.2 Å². The van der Waals surface area contributed by atoms with E-state index in [9.17, 15) is 14.9 Å². The van der Waals surface area contributed by atoms with Crippen molar-refractivity contribution >= 4 is 33.2 Å². The molecule has 17 heavy (non-hydrogen) atoms. The van der Waals surface area contributed by atoms with E-state index in [4.69, 9.17) is 0 Å². The molecule has 0 N–H and O–H groups in total. The molecular weight excluding hydrogens is 288 g/mol. The molecule has 0 spiro atoms. The Morgan fingerprint density at radius 3 is 2.29 bits per heavy atom. The summed E-state index contributed by atoms with van der Waals surface area (Å²) >= 11 is 3.32. The lowest BCUT2D eigenvalue weighted by Gasteiger charge is -2.51. The van der Waals surface area contributed by atoms with E-state index in [0.29, 0.717) is 5.69 Å². The molecule has 0 aliphatic carbocycles. The van der Waals surface area contributed by atoms with Gasteiger partial charge in [0.1, 0.15) is 4.83 Å². The first-order valence-corrected chi connectivity index (χ1v) is 6.00. The lowest BCUT2D eigenvalue weighted by Crippen LogP contribution is -2.69. The normalized spacial score (nSPS) is 22.2. The number of β-lactam (4-membered cyclic amide) rings is 1. The number of nitro groups is 1. The molecule has 0 aromatic heterocycles. The Morgan fingerprint density at radius 2 is 1.88 bits per heavy atom. The van der Waals surface area contributed by atoms with Crippen molar-refractivity contribution in [3.63, 3.8) is 0 Å². The van der Waals surface area contributed by atoms with E-state index in [2.05, 4.69) is 15.9 Å². The van der Waals surface area contributed by atoms with Crippen molar-refractivity contribution in [3.05, 3.63) is 34.4 Å². The molecule has 1 fully saturated rings. The molecule has 1 atom stereocenters. The topological polar surface area (TPSA) is 63.5 Å². The number of hydrogen-bond acceptors (Lipinski definition) is 3. The zero-order valence-corrected chi connectivity index (χ0v) is 11.0. The average Bonchev–Trinajstić information content (AvgIpc) is 2.29. The van der Waals surface area contributed by atoms with Crippen molar-refractivity contribution in [1.82, 2.24) is 0 Å². The highest BCUT2D eigenvalue weighted by Gasteiger charge is 2.53. The molecule has 1 unspecified atom stereocenters. The van der Waals surface area contributed by atoms with Gasteiger partial charge < -0.3 is 4.90 Å². The van der Waals surface area contributed by atoms with Crippen molar-refractivity contribution < 1.29 is 9.72 Å². The van der Waals surface area contributed by atoms with Crippen LogP contribution >= 0.6 is 15.9 Å². The Labute approximate surface area is 107 Å². The lowest BCUT2D eigenvalue weighted by atomic mass is 9.87. The minimum absolute atomic E-state index is 0.0231. The maximum atomic E-state index is 11.7. The van der Waals surface area contributed by atoms with Crippen molar-refractivity contribution in [2.24, 2.45) is 0 Å². The number of nitro benzene ring substituents is 1. The second kappa shape index (κ2) is 3.80. The van der Waals surface area contributed by atoms with Gasteiger partial charge in [0.2, 0.25) is 5.91 Å². The van der Waals surface area contributed by atoms with E-state index in [1.165, 1.54) is 12.1 Å². The van der Waals surface area contributed by atoms with Crippen LogP contribution in [0.25, 0.3) is 0 Å². The Bertz CT molecular complexity index is 484. The molecule has 0 saturated carbocycles. The minimum Gasteiger partial charge on any atom is -0.304 e. The van der Waals surface area contributed by atoms with Gasteiger partial charge in [-0.3, -0.25) is 14.9 Å². The van der Waals surface area contributed by atoms with Crippen LogP contribution in [-0.4, -0.2) is 21.2 Å². The number of alkyl halides is 1. The Balaban J connectivity index is 2.30. The van der Waals surface area contributed by atoms with Crippen LogP contribution in [0.4, 0.5) is 11.4 Å². The molecule has 1 aromatic carbocycles. The largest absolute Gasteiger partial charge is 0.304 e. The summed E-state index contributed by atoms with van der Waals surface area (Å²) in [5, 5.41) is 10.5. The molecule has 0 radical (unpaired) electrons. The van der Waals surface area contributed by atoms with Crippen molar-refractivity contribution in [1.29, 1.82) is 0 Å². The number of hydrogen-bond donors (Lipinski definition) is 0. The highest BCUT2D eigenvalue weighted by atomic mass is 79.9. The molecule has 1 aliphatic heterocycles. The highest BCUT2D eigenvalue weighted by molar-refractivity contribution is 9.10. The van der Waals surface area contributed by atoms with Gasteiger partial charge in [0.05, 0.1) is 10.5 Å². The quantitative estimate of drug-likeness (QED) is 0.365. The lowest BCUT2D eigenvalue weighted by molar-refractivity contribution is -0.384. The van der Waals surface area contributed by atoms with Gasteiger partial charge in [-0.15, -0.1) is 0 Å². The predicted octanol–water partition coefficient (Wildman–Crippen LogP) is 2.48. The standard InChI is InChI=1S/C11H11BrN2O3/c1-11(2)9(12)10(15)13(11)7-3-5-8(6-4-7)14(16)17/h3-6,9H,1-2H3. The fraction of sp³-hybridized carbons (Fsp3) is 0.364. The summed E-state index contributed by atoms with van der Waals surface area (Å²) < 4.78 is 0. The summed E-state index contributed by atoms with van der Waals surface area (Å²) in [5.41, 5.74) is 0.393. The third kappa shape index (κ3) is 1.72. The Kier molecular flexibility index (Phi) is 2.69. The number of carbonyl (C=O) groups excluding carboxylic acids is 1. The van der Waals surface area contributed by atoms with E-state index in [-0.39, 0.29) is 22.0 Å². The number of amides is 1. The summed E-state index contributed by atoms with van der Waals surface area (Å²) in [6.45, 7) is 3.88. The molecule has 5 nitrogen and oxygen atoms in total. The molecule has 1 heterocycles. The van der Waals surface area contributed by atoms with E-state index in [1.54, 1.807) is 17.0 Å². The first-order valence-electron chi connectivity index (χ1n) is 5.08. The maximum Gasteiger partial charge on any atom is 0.269 e. The second-order valence-electron chi connectivity index (χ2n) is 4.46. The van der Waals surface area contributed by atoms with E-state index in [1.807, 2.05) is 13.8 Å². The van der Waals surface area contributed by atoms with Gasteiger partial charge in [-0.05, 0) is 26.0 Å². The number of rotatable bonds is 2. The summed E-state index contributed by atoms with van der Waals surface area (Å²) in [5.74, 6) is -0.0242. The molecule has 0 bridgehead atoms. The first kappa shape index (κ1) is 12.0. The number of carbonyl (C=O) groups is 1. The van der Waals surface area contributed by atoms with Crippen molar-refractivity contribution in [3.8, 4) is 0 Å². The average molecular weight is 299 g/mol. The fourth-order valence-electron chi connectivity index (χ4n) is 1.93. The van der Waals surface area contributed by atoms with Crippen LogP contribution < -0.4 is 4.90 Å². The predicted molar refractivity (Wildman–Crippen MR) is 67.4 cm³/mol. The Morgan fingerprint density at radius 1 is 1.35 bits per heavy atom. The second-order valence-corrected chi connectivity index (χ2v) is 5.38. The van der Waals surface area contributed by atoms with Crippen LogP contribution in [-0.2, 0) is 4.79 Å².